The molecule has 11 aromatic carbocycles. The lowest BCUT2D eigenvalue weighted by Gasteiger charge is -2.24. The van der Waals surface area contributed by atoms with Gasteiger partial charge in [-0.3, -0.25) is 0 Å². The van der Waals surface area contributed by atoms with Gasteiger partial charge in [0.1, 0.15) is 0 Å². The Labute approximate surface area is 568 Å². The van der Waals surface area contributed by atoms with Crippen LogP contribution in [0.1, 0.15) is 200 Å². The van der Waals surface area contributed by atoms with Crippen LogP contribution in [0.5, 0.6) is 0 Å². The van der Waals surface area contributed by atoms with E-state index >= 15 is 0 Å². The van der Waals surface area contributed by atoms with Gasteiger partial charge in [-0.25, -0.2) is 0 Å². The lowest BCUT2D eigenvalue weighted by atomic mass is 9.79. The van der Waals surface area contributed by atoms with E-state index in [1.165, 1.54) is 200 Å². The van der Waals surface area contributed by atoms with Gasteiger partial charge in [-0.2, -0.15) is 0 Å². The molecule has 15 rings (SSSR count). The van der Waals surface area contributed by atoms with Crippen LogP contribution in [0.25, 0.3) is 55.3 Å². The van der Waals surface area contributed by atoms with Crippen molar-refractivity contribution in [1.82, 2.24) is 0 Å². The van der Waals surface area contributed by atoms with Gasteiger partial charge in [0.25, 0.3) is 0 Å². The second-order valence-corrected chi connectivity index (χ2v) is 30.3. The summed E-state index contributed by atoms with van der Waals surface area (Å²) in [5, 5.41) is 2.73. The summed E-state index contributed by atoms with van der Waals surface area (Å²) in [6.45, 7) is 58.7. The predicted octanol–water partition coefficient (Wildman–Crippen LogP) is 26.0. The quantitative estimate of drug-likeness (QED) is 0.142. The molecule has 0 heterocycles. The van der Waals surface area contributed by atoms with Crippen LogP contribution in [-0.4, -0.2) is 0 Å². The molecule has 482 valence electrons. The molecule has 0 aliphatic heterocycles. The maximum atomic E-state index is 2.39. The molecule has 0 amide bonds. The minimum absolute atomic E-state index is 0.133. The van der Waals surface area contributed by atoms with Crippen LogP contribution in [-0.2, 0) is 21.7 Å². The second-order valence-electron chi connectivity index (χ2n) is 30.3. The van der Waals surface area contributed by atoms with Gasteiger partial charge < -0.3 is 0 Å². The van der Waals surface area contributed by atoms with Gasteiger partial charge in [-0.05, 0) is 325 Å². The third-order valence-electron chi connectivity index (χ3n) is 23.5. The molecular formula is C94H106. The molecule has 0 saturated carbocycles. The first-order chi connectivity index (χ1) is 44.2. The van der Waals surface area contributed by atoms with Crippen molar-refractivity contribution in [3.63, 3.8) is 0 Å². The van der Waals surface area contributed by atoms with Crippen molar-refractivity contribution in [2.75, 3.05) is 0 Å². The van der Waals surface area contributed by atoms with Crippen molar-refractivity contribution in [3.05, 3.63) is 315 Å². The molecule has 0 N–H and O–H groups in total. The maximum Gasteiger partial charge on any atom is 0.0161 e. The molecule has 94 heavy (non-hydrogen) atoms. The number of rotatable bonds is 0. The molecule has 0 fully saturated rings. The zero-order chi connectivity index (χ0) is 68.6. The SMILES string of the molecule is Cc1cc2c(c(C)c1C)-c1ccccc1C2(C)C.Cc1cc2c(c(C)c1C)-c1ccccc1C2(C)C.Cc1cc2c(c(C)c1C)C(C)(C)c1ccccc1-2.Cc1cc2c(c(C)c1C)C(C)(C)c1ccccc1-2.Cc1cc2ccccc2c(C)c1C.Cc1cccc(C)c1C. The highest BCUT2D eigenvalue weighted by Gasteiger charge is 2.40. The lowest BCUT2D eigenvalue weighted by Crippen LogP contribution is -2.17. The largest absolute Gasteiger partial charge is 0.0619 e. The minimum atomic E-state index is 0.133. The Morgan fingerprint density at radius 3 is 0.872 bits per heavy atom. The van der Waals surface area contributed by atoms with Crippen LogP contribution in [0, 0.1) is 125 Å². The van der Waals surface area contributed by atoms with E-state index in [9.17, 15) is 0 Å². The van der Waals surface area contributed by atoms with Crippen LogP contribution in [0.2, 0.25) is 0 Å². The lowest BCUT2D eigenvalue weighted by molar-refractivity contribution is 0.654. The van der Waals surface area contributed by atoms with Gasteiger partial charge in [0.05, 0.1) is 0 Å². The molecule has 0 unspecified atom stereocenters. The van der Waals surface area contributed by atoms with E-state index in [0.717, 1.165) is 0 Å². The molecule has 4 aliphatic rings. The Morgan fingerprint density at radius 1 is 0.191 bits per heavy atom. The molecule has 0 saturated heterocycles. The fraction of sp³-hybridized carbons (Fsp3) is 0.319. The first-order valence-electron chi connectivity index (χ1n) is 34.5. The van der Waals surface area contributed by atoms with E-state index in [-0.39, 0.29) is 21.7 Å². The number of fused-ring (bicyclic) bond motifs is 13. The number of hydrogen-bond donors (Lipinski definition) is 0. The highest BCUT2D eigenvalue weighted by molar-refractivity contribution is 5.89. The molecule has 0 radical (unpaired) electrons. The fourth-order valence-corrected chi connectivity index (χ4v) is 16.3. The van der Waals surface area contributed by atoms with Crippen molar-refractivity contribution in [2.45, 2.75) is 202 Å². The molecule has 0 aromatic heterocycles. The van der Waals surface area contributed by atoms with Crippen LogP contribution in [0.15, 0.2) is 170 Å². The van der Waals surface area contributed by atoms with Crippen molar-refractivity contribution in [1.29, 1.82) is 0 Å². The van der Waals surface area contributed by atoms with Gasteiger partial charge in [0, 0.05) is 21.7 Å². The van der Waals surface area contributed by atoms with Crippen molar-refractivity contribution >= 4 is 10.8 Å². The molecule has 0 atom stereocenters. The summed E-state index contributed by atoms with van der Waals surface area (Å²) in [5.74, 6) is 0. The average Bonchev–Trinajstić information content (AvgIpc) is 1.60. The van der Waals surface area contributed by atoms with E-state index in [1.807, 2.05) is 0 Å². The Bertz CT molecular complexity index is 4530. The summed E-state index contributed by atoms with van der Waals surface area (Å²) in [4.78, 5) is 0. The topological polar surface area (TPSA) is 0 Å². The van der Waals surface area contributed by atoms with Crippen molar-refractivity contribution in [2.24, 2.45) is 0 Å². The highest BCUT2D eigenvalue weighted by Crippen LogP contribution is 2.55. The van der Waals surface area contributed by atoms with Crippen molar-refractivity contribution < 1.29 is 0 Å². The van der Waals surface area contributed by atoms with Gasteiger partial charge in [-0.1, -0.05) is 225 Å². The van der Waals surface area contributed by atoms with Crippen LogP contribution < -0.4 is 0 Å². The van der Waals surface area contributed by atoms with E-state index in [0.29, 0.717) is 0 Å². The summed E-state index contributed by atoms with van der Waals surface area (Å²) in [7, 11) is 0. The third-order valence-corrected chi connectivity index (χ3v) is 23.5. The molecule has 0 spiro atoms. The van der Waals surface area contributed by atoms with Gasteiger partial charge in [0.2, 0.25) is 0 Å². The number of aryl methyl sites for hydroxylation is 8. The number of benzene rings is 11. The number of hydrogen-bond acceptors (Lipinski definition) is 0. The maximum absolute atomic E-state index is 2.39. The standard InChI is InChI=1S/4C18H20.C13H14.C9H12/c2*1-11-10-15-14-8-6-7-9-16(14)18(4,5)17(15)13(3)12(11)2;2*1-11-10-16-17(13(3)12(11)2)14-8-6-7-9-15(14)18(16,4)5;1-9-8-12-6-4-5-7-13(12)11(3)10(9)2;1-7-5-4-6-8(2)9(7)3/h4*6-10H,1-5H3;4-8H,1-3H3;4-6H,1-3H3. The smallest absolute Gasteiger partial charge is 0.0161 e. The second kappa shape index (κ2) is 25.8. The van der Waals surface area contributed by atoms with E-state index in [2.05, 4.69) is 350 Å². The van der Waals surface area contributed by atoms with Crippen LogP contribution >= 0.6 is 0 Å². The van der Waals surface area contributed by atoms with Gasteiger partial charge in [-0.15, -0.1) is 0 Å². The van der Waals surface area contributed by atoms with Gasteiger partial charge in [0.15, 0.2) is 0 Å². The van der Waals surface area contributed by atoms with Crippen LogP contribution in [0.4, 0.5) is 0 Å². The Balaban J connectivity index is 0.000000125. The third kappa shape index (κ3) is 11.7. The average molecular weight is 1240 g/mol. The van der Waals surface area contributed by atoms with Crippen molar-refractivity contribution in [3.8, 4) is 44.5 Å². The summed E-state index contributed by atoms with van der Waals surface area (Å²) >= 11 is 0. The first kappa shape index (κ1) is 68.5. The van der Waals surface area contributed by atoms with Crippen LogP contribution in [0.3, 0.4) is 0 Å². The fourth-order valence-electron chi connectivity index (χ4n) is 16.3. The summed E-state index contributed by atoms with van der Waals surface area (Å²) in [6.07, 6.45) is 0. The zero-order valence-corrected chi connectivity index (χ0v) is 62.2. The molecule has 0 heteroatoms. The van der Waals surface area contributed by atoms with E-state index in [1.54, 1.807) is 0 Å². The Hall–Kier alpha value is -8.32. The molecule has 0 nitrogen and oxygen atoms in total. The monoisotopic (exact) mass is 1230 g/mol. The Morgan fingerprint density at radius 2 is 0.489 bits per heavy atom. The molecular weight excluding hydrogens is 1130 g/mol. The summed E-state index contributed by atoms with van der Waals surface area (Å²) in [6, 6.07) is 62.1. The summed E-state index contributed by atoms with van der Waals surface area (Å²) < 4.78 is 0. The first-order valence-corrected chi connectivity index (χ1v) is 34.5. The summed E-state index contributed by atoms with van der Waals surface area (Å²) in [5.41, 5.74) is 49.5. The van der Waals surface area contributed by atoms with Gasteiger partial charge >= 0.3 is 0 Å². The minimum Gasteiger partial charge on any atom is -0.0619 e. The Kier molecular flexibility index (Phi) is 18.8. The molecule has 0 bridgehead atoms. The van der Waals surface area contributed by atoms with E-state index in [4.69, 9.17) is 0 Å². The molecule has 4 aliphatic carbocycles. The van der Waals surface area contributed by atoms with E-state index < -0.39 is 0 Å². The zero-order valence-electron chi connectivity index (χ0n) is 62.2. The normalized spacial score (nSPS) is 14.2. The highest BCUT2D eigenvalue weighted by atomic mass is 14.4. The predicted molar refractivity (Wildman–Crippen MR) is 412 cm³/mol. The molecule has 11 aromatic rings.